The molecular weight excluding hydrogens is 312 g/mol. The summed E-state index contributed by atoms with van der Waals surface area (Å²) in [5, 5.41) is 11.3. The highest BCUT2D eigenvalue weighted by atomic mass is 32.2. The third-order valence-electron chi connectivity index (χ3n) is 3.83. The van der Waals surface area contributed by atoms with E-state index in [1.165, 1.54) is 20.0 Å². The Morgan fingerprint density at radius 1 is 1.43 bits per heavy atom. The molecule has 1 atom stereocenters. The van der Waals surface area contributed by atoms with Gasteiger partial charge in [0.05, 0.1) is 6.61 Å². The van der Waals surface area contributed by atoms with Crippen LogP contribution in [-0.2, 0) is 10.0 Å². The normalized spacial score (nSPS) is 21.7. The molecule has 0 radical (unpaired) electrons. The predicted molar refractivity (Wildman–Crippen MR) is 80.7 cm³/mol. The van der Waals surface area contributed by atoms with E-state index < -0.39 is 10.0 Å². The van der Waals surface area contributed by atoms with Crippen LogP contribution in [0.5, 0.6) is 0 Å². The molecule has 9 heteroatoms. The van der Waals surface area contributed by atoms with Gasteiger partial charge in [0.25, 0.3) is 10.0 Å². The van der Waals surface area contributed by atoms with E-state index >= 15 is 0 Å². The molecular formula is C12H18N4O3S2. The van der Waals surface area contributed by atoms with Gasteiger partial charge in [-0.1, -0.05) is 12.8 Å². The van der Waals surface area contributed by atoms with E-state index in [0.29, 0.717) is 17.9 Å². The molecule has 116 valence electrons. The Balaban J connectivity index is 2.10. The smallest absolute Gasteiger partial charge is 0.263 e. The zero-order valence-electron chi connectivity index (χ0n) is 11.5. The van der Waals surface area contributed by atoms with E-state index in [1.807, 2.05) is 0 Å². The van der Waals surface area contributed by atoms with Crippen LogP contribution in [0.1, 0.15) is 25.7 Å². The summed E-state index contributed by atoms with van der Waals surface area (Å²) in [5.74, 6) is 0.0165. The van der Waals surface area contributed by atoms with Crippen LogP contribution in [0.15, 0.2) is 16.6 Å². The number of hydrogen-bond acceptors (Lipinski definition) is 6. The number of rotatable bonds is 3. The number of sulfonamides is 1. The van der Waals surface area contributed by atoms with Gasteiger partial charge in [-0.3, -0.25) is 4.40 Å². The monoisotopic (exact) mass is 330 g/mol. The SMILES string of the molecule is Nc1nc2sccn2c1S(=O)(=O)N1CCCCCC1CO. The van der Waals surface area contributed by atoms with Crippen LogP contribution in [0.4, 0.5) is 5.82 Å². The molecule has 3 heterocycles. The lowest BCUT2D eigenvalue weighted by atomic mass is 10.1. The Labute approximate surface area is 127 Å². The van der Waals surface area contributed by atoms with Gasteiger partial charge in [0.15, 0.2) is 15.8 Å². The minimum Gasteiger partial charge on any atom is -0.395 e. The fourth-order valence-corrected chi connectivity index (χ4v) is 5.44. The van der Waals surface area contributed by atoms with Crippen molar-refractivity contribution in [3.8, 4) is 0 Å². The topological polar surface area (TPSA) is 101 Å². The summed E-state index contributed by atoms with van der Waals surface area (Å²) in [5.41, 5.74) is 5.82. The number of fused-ring (bicyclic) bond motifs is 1. The number of thiazole rings is 1. The maximum atomic E-state index is 13.0. The molecule has 21 heavy (non-hydrogen) atoms. The highest BCUT2D eigenvalue weighted by molar-refractivity contribution is 7.89. The van der Waals surface area contributed by atoms with E-state index in [0.717, 1.165) is 19.3 Å². The minimum atomic E-state index is -3.78. The molecule has 1 saturated heterocycles. The van der Waals surface area contributed by atoms with Gasteiger partial charge >= 0.3 is 0 Å². The van der Waals surface area contributed by atoms with Crippen molar-refractivity contribution >= 4 is 32.1 Å². The average Bonchev–Trinajstić information content (AvgIpc) is 2.88. The quantitative estimate of drug-likeness (QED) is 0.871. The summed E-state index contributed by atoms with van der Waals surface area (Å²) < 4.78 is 28.9. The molecule has 1 aliphatic heterocycles. The molecule has 3 rings (SSSR count). The van der Waals surface area contributed by atoms with Crippen molar-refractivity contribution in [2.75, 3.05) is 18.9 Å². The largest absolute Gasteiger partial charge is 0.395 e. The van der Waals surface area contributed by atoms with Crippen LogP contribution < -0.4 is 5.73 Å². The summed E-state index contributed by atoms with van der Waals surface area (Å²) in [6.07, 6.45) is 5.01. The second kappa shape index (κ2) is 5.56. The molecule has 1 fully saturated rings. The molecule has 2 aromatic heterocycles. The second-order valence-corrected chi connectivity index (χ2v) is 7.84. The summed E-state index contributed by atoms with van der Waals surface area (Å²) in [7, 11) is -3.78. The van der Waals surface area contributed by atoms with E-state index in [-0.39, 0.29) is 23.5 Å². The third kappa shape index (κ3) is 2.44. The van der Waals surface area contributed by atoms with Gasteiger partial charge in [0.2, 0.25) is 0 Å². The fraction of sp³-hybridized carbons (Fsp3) is 0.583. The maximum absolute atomic E-state index is 13.0. The number of imidazole rings is 1. The number of nitrogen functional groups attached to an aromatic ring is 1. The van der Waals surface area contributed by atoms with Crippen molar-refractivity contribution < 1.29 is 13.5 Å². The predicted octanol–water partition coefficient (Wildman–Crippen LogP) is 0.904. The van der Waals surface area contributed by atoms with Gasteiger partial charge in [-0.15, -0.1) is 11.3 Å². The summed E-state index contributed by atoms with van der Waals surface area (Å²) in [6, 6.07) is -0.388. The number of hydrogen-bond donors (Lipinski definition) is 2. The first kappa shape index (κ1) is 14.8. The summed E-state index contributed by atoms with van der Waals surface area (Å²) in [4.78, 5) is 4.66. The van der Waals surface area contributed by atoms with Crippen molar-refractivity contribution in [2.24, 2.45) is 0 Å². The van der Waals surface area contributed by atoms with Crippen LogP contribution in [0.2, 0.25) is 0 Å². The fourth-order valence-electron chi connectivity index (χ4n) is 2.80. The number of nitrogens with zero attached hydrogens (tertiary/aromatic N) is 3. The standard InChI is InChI=1S/C12H18N4O3S2/c13-10-11(15-6-7-20-12(15)14-10)21(18,19)16-5-3-1-2-4-9(16)8-17/h6-7,9,17H,1-5,8,13H2. The maximum Gasteiger partial charge on any atom is 0.263 e. The molecule has 0 amide bonds. The van der Waals surface area contributed by atoms with E-state index in [1.54, 1.807) is 11.6 Å². The number of anilines is 1. The second-order valence-electron chi connectivity index (χ2n) is 5.16. The van der Waals surface area contributed by atoms with Gasteiger partial charge in [-0.05, 0) is 12.8 Å². The molecule has 1 unspecified atom stereocenters. The Morgan fingerprint density at radius 2 is 2.24 bits per heavy atom. The summed E-state index contributed by atoms with van der Waals surface area (Å²) in [6.45, 7) is 0.231. The average molecular weight is 330 g/mol. The van der Waals surface area contributed by atoms with Gasteiger partial charge in [0.1, 0.15) is 0 Å². The summed E-state index contributed by atoms with van der Waals surface area (Å²) >= 11 is 1.34. The molecule has 1 aliphatic rings. The zero-order chi connectivity index (χ0) is 15.0. The zero-order valence-corrected chi connectivity index (χ0v) is 13.1. The van der Waals surface area contributed by atoms with Crippen LogP contribution in [0, 0.1) is 0 Å². The van der Waals surface area contributed by atoms with Gasteiger partial charge in [-0.2, -0.15) is 4.31 Å². The first-order valence-electron chi connectivity index (χ1n) is 6.89. The molecule has 0 spiro atoms. The van der Waals surface area contributed by atoms with Gasteiger partial charge in [-0.25, -0.2) is 13.4 Å². The molecule has 0 bridgehead atoms. The van der Waals surface area contributed by atoms with Crippen molar-refractivity contribution in [2.45, 2.75) is 36.8 Å². The van der Waals surface area contributed by atoms with E-state index in [9.17, 15) is 13.5 Å². The number of aliphatic hydroxyl groups excluding tert-OH is 1. The van der Waals surface area contributed by atoms with E-state index in [4.69, 9.17) is 5.73 Å². The lowest BCUT2D eigenvalue weighted by molar-refractivity contribution is 0.186. The lowest BCUT2D eigenvalue weighted by Gasteiger charge is -2.27. The number of aromatic nitrogens is 2. The lowest BCUT2D eigenvalue weighted by Crippen LogP contribution is -2.42. The van der Waals surface area contributed by atoms with Crippen LogP contribution in [0.3, 0.4) is 0 Å². The molecule has 0 aromatic carbocycles. The number of aliphatic hydroxyl groups is 1. The third-order valence-corrected chi connectivity index (χ3v) is 6.58. The Bertz CT molecular complexity index is 737. The molecule has 0 aliphatic carbocycles. The Morgan fingerprint density at radius 3 is 3.00 bits per heavy atom. The van der Waals surface area contributed by atoms with Crippen molar-refractivity contribution in [1.82, 2.24) is 13.7 Å². The van der Waals surface area contributed by atoms with Crippen LogP contribution >= 0.6 is 11.3 Å². The van der Waals surface area contributed by atoms with E-state index in [2.05, 4.69) is 4.98 Å². The minimum absolute atomic E-state index is 0.0131. The first-order valence-corrected chi connectivity index (χ1v) is 9.21. The molecule has 7 nitrogen and oxygen atoms in total. The van der Waals surface area contributed by atoms with Gasteiger partial charge in [0, 0.05) is 24.2 Å². The highest BCUT2D eigenvalue weighted by Gasteiger charge is 2.36. The van der Waals surface area contributed by atoms with Gasteiger partial charge < -0.3 is 10.8 Å². The van der Waals surface area contributed by atoms with Crippen LogP contribution in [-0.4, -0.2) is 46.4 Å². The van der Waals surface area contributed by atoms with Crippen LogP contribution in [0.25, 0.3) is 4.96 Å². The molecule has 0 saturated carbocycles. The molecule has 3 N–H and O–H groups in total. The van der Waals surface area contributed by atoms with Crippen molar-refractivity contribution in [1.29, 1.82) is 0 Å². The molecule has 2 aromatic rings. The Kier molecular flexibility index (Phi) is 3.91. The Hall–Kier alpha value is -1.16. The first-order chi connectivity index (χ1) is 10.1. The number of nitrogens with two attached hydrogens (primary N) is 1. The highest BCUT2D eigenvalue weighted by Crippen LogP contribution is 2.29. The van der Waals surface area contributed by atoms with Crippen molar-refractivity contribution in [3.05, 3.63) is 11.6 Å². The van der Waals surface area contributed by atoms with Crippen molar-refractivity contribution in [3.63, 3.8) is 0 Å².